The molecule has 1 unspecified atom stereocenters. The minimum Gasteiger partial charge on any atom is -0.459 e. The number of furan rings is 1. The second kappa shape index (κ2) is 5.55. The lowest BCUT2D eigenvalue weighted by Crippen LogP contribution is -2.29. The van der Waals surface area contributed by atoms with Gasteiger partial charge in [-0.15, -0.1) is 11.3 Å². The van der Waals surface area contributed by atoms with E-state index in [0.717, 1.165) is 27.4 Å². The van der Waals surface area contributed by atoms with Gasteiger partial charge < -0.3 is 4.42 Å². The first-order valence-corrected chi connectivity index (χ1v) is 7.52. The highest BCUT2D eigenvalue weighted by molar-refractivity contribution is 7.09. The minimum atomic E-state index is -0.273. The van der Waals surface area contributed by atoms with Gasteiger partial charge in [0.05, 0.1) is 16.7 Å². The Kier molecular flexibility index (Phi) is 3.75. The third-order valence-corrected chi connectivity index (χ3v) is 4.35. The molecule has 21 heavy (non-hydrogen) atoms. The molecule has 0 bridgehead atoms. The van der Waals surface area contributed by atoms with E-state index in [4.69, 9.17) is 10.3 Å². The van der Waals surface area contributed by atoms with E-state index in [9.17, 15) is 4.39 Å². The van der Waals surface area contributed by atoms with Crippen molar-refractivity contribution in [2.45, 2.75) is 26.3 Å². The van der Waals surface area contributed by atoms with Gasteiger partial charge in [-0.1, -0.05) is 0 Å². The molecule has 3 N–H and O–H groups in total. The van der Waals surface area contributed by atoms with E-state index in [2.05, 4.69) is 10.4 Å². The molecule has 4 nitrogen and oxygen atoms in total. The Morgan fingerprint density at radius 1 is 1.43 bits per heavy atom. The Labute approximate surface area is 125 Å². The highest BCUT2D eigenvalue weighted by atomic mass is 32.1. The van der Waals surface area contributed by atoms with Gasteiger partial charge in [-0.2, -0.15) is 0 Å². The smallest absolute Gasteiger partial charge is 0.134 e. The van der Waals surface area contributed by atoms with Gasteiger partial charge in [-0.25, -0.2) is 14.8 Å². The number of fused-ring (bicyclic) bond motifs is 1. The molecule has 3 aromatic rings. The van der Waals surface area contributed by atoms with Crippen molar-refractivity contribution in [3.8, 4) is 0 Å². The number of aryl methyl sites for hydroxylation is 2. The molecule has 0 aliphatic carbocycles. The number of benzene rings is 1. The standard InChI is InChI=1S/C15H16FN3OS/c1-8-12-5-10(16)3-4-14(12)20-15(8)13(19-17)6-11-7-21-9(2)18-11/h3-5,7,13,19H,6,17H2,1-2H3. The molecule has 6 heteroatoms. The van der Waals surface area contributed by atoms with Crippen LogP contribution in [0.5, 0.6) is 0 Å². The summed E-state index contributed by atoms with van der Waals surface area (Å²) in [4.78, 5) is 4.44. The van der Waals surface area contributed by atoms with Crippen LogP contribution in [0.2, 0.25) is 0 Å². The van der Waals surface area contributed by atoms with E-state index >= 15 is 0 Å². The topological polar surface area (TPSA) is 64.1 Å². The maximum Gasteiger partial charge on any atom is 0.134 e. The third kappa shape index (κ3) is 2.70. The highest BCUT2D eigenvalue weighted by Gasteiger charge is 2.21. The van der Waals surface area contributed by atoms with E-state index in [1.54, 1.807) is 17.4 Å². The molecule has 1 atom stereocenters. The molecule has 110 valence electrons. The number of nitrogens with two attached hydrogens (primary N) is 1. The average Bonchev–Trinajstić information content (AvgIpc) is 3.01. The molecule has 1 aromatic carbocycles. The number of aromatic nitrogens is 1. The van der Waals surface area contributed by atoms with Crippen molar-refractivity contribution >= 4 is 22.3 Å². The molecule has 0 aliphatic heterocycles. The molecule has 0 saturated heterocycles. The fourth-order valence-electron chi connectivity index (χ4n) is 2.48. The zero-order valence-electron chi connectivity index (χ0n) is 11.8. The Morgan fingerprint density at radius 2 is 2.24 bits per heavy atom. The van der Waals surface area contributed by atoms with E-state index in [0.29, 0.717) is 12.0 Å². The predicted molar refractivity (Wildman–Crippen MR) is 81.5 cm³/mol. The highest BCUT2D eigenvalue weighted by Crippen LogP contribution is 2.31. The largest absolute Gasteiger partial charge is 0.459 e. The number of hydrazine groups is 1. The first kappa shape index (κ1) is 14.2. The summed E-state index contributed by atoms with van der Waals surface area (Å²) in [5.74, 6) is 6.12. The van der Waals surface area contributed by atoms with Crippen LogP contribution in [0, 0.1) is 19.7 Å². The summed E-state index contributed by atoms with van der Waals surface area (Å²) in [6.45, 7) is 3.88. The van der Waals surface area contributed by atoms with Gasteiger partial charge in [-0.05, 0) is 32.0 Å². The fraction of sp³-hybridized carbons (Fsp3) is 0.267. The van der Waals surface area contributed by atoms with Crippen molar-refractivity contribution in [3.63, 3.8) is 0 Å². The van der Waals surface area contributed by atoms with Crippen molar-refractivity contribution in [1.29, 1.82) is 0 Å². The van der Waals surface area contributed by atoms with Crippen LogP contribution < -0.4 is 11.3 Å². The summed E-state index contributed by atoms with van der Waals surface area (Å²) in [6, 6.07) is 4.32. The van der Waals surface area contributed by atoms with E-state index in [1.165, 1.54) is 12.1 Å². The molecular weight excluding hydrogens is 289 g/mol. The second-order valence-corrected chi connectivity index (χ2v) is 6.08. The van der Waals surface area contributed by atoms with Crippen molar-refractivity contribution < 1.29 is 8.81 Å². The van der Waals surface area contributed by atoms with Crippen molar-refractivity contribution in [2.24, 2.45) is 5.84 Å². The van der Waals surface area contributed by atoms with E-state index < -0.39 is 0 Å². The number of nitrogens with zero attached hydrogens (tertiary/aromatic N) is 1. The van der Waals surface area contributed by atoms with Gasteiger partial charge >= 0.3 is 0 Å². The van der Waals surface area contributed by atoms with Crippen LogP contribution in [0.15, 0.2) is 28.0 Å². The van der Waals surface area contributed by atoms with Crippen LogP contribution in [0.3, 0.4) is 0 Å². The number of rotatable bonds is 4. The second-order valence-electron chi connectivity index (χ2n) is 5.01. The SMILES string of the molecule is Cc1nc(CC(NN)c2oc3ccc(F)cc3c2C)cs1. The van der Waals surface area contributed by atoms with Crippen molar-refractivity contribution in [3.05, 3.63) is 51.4 Å². The third-order valence-electron chi connectivity index (χ3n) is 3.53. The Bertz CT molecular complexity index is 780. The Hall–Kier alpha value is -1.76. The Morgan fingerprint density at radius 3 is 2.90 bits per heavy atom. The molecule has 0 saturated carbocycles. The summed E-state index contributed by atoms with van der Waals surface area (Å²) in [6.07, 6.45) is 0.629. The van der Waals surface area contributed by atoms with Crippen LogP contribution in [0.4, 0.5) is 4.39 Å². The molecule has 0 radical (unpaired) electrons. The van der Waals surface area contributed by atoms with E-state index in [-0.39, 0.29) is 11.9 Å². The number of hydrogen-bond donors (Lipinski definition) is 2. The zero-order chi connectivity index (χ0) is 15.0. The van der Waals surface area contributed by atoms with Crippen LogP contribution >= 0.6 is 11.3 Å². The molecule has 2 aromatic heterocycles. The van der Waals surface area contributed by atoms with Crippen molar-refractivity contribution in [1.82, 2.24) is 10.4 Å². The maximum atomic E-state index is 13.4. The lowest BCUT2D eigenvalue weighted by atomic mass is 10.0. The van der Waals surface area contributed by atoms with Gasteiger partial charge in [0.15, 0.2) is 0 Å². The monoisotopic (exact) mass is 305 g/mol. The maximum absolute atomic E-state index is 13.4. The molecule has 0 fully saturated rings. The normalized spacial score (nSPS) is 13.0. The summed E-state index contributed by atoms with van der Waals surface area (Å²) < 4.78 is 19.2. The van der Waals surface area contributed by atoms with Gasteiger partial charge in [-0.3, -0.25) is 5.84 Å². The lowest BCUT2D eigenvalue weighted by Gasteiger charge is -2.13. The minimum absolute atomic E-state index is 0.193. The Balaban J connectivity index is 1.98. The molecule has 2 heterocycles. The van der Waals surface area contributed by atoms with Gasteiger partial charge in [0.1, 0.15) is 17.2 Å². The van der Waals surface area contributed by atoms with Crippen LogP contribution in [0.25, 0.3) is 11.0 Å². The average molecular weight is 305 g/mol. The fourth-order valence-corrected chi connectivity index (χ4v) is 3.11. The van der Waals surface area contributed by atoms with Crippen LogP contribution in [-0.2, 0) is 6.42 Å². The summed E-state index contributed by atoms with van der Waals surface area (Å²) >= 11 is 1.60. The first-order valence-electron chi connectivity index (χ1n) is 6.64. The molecule has 0 aliphatic rings. The quantitative estimate of drug-likeness (QED) is 0.573. The molecule has 0 amide bonds. The molecule has 3 rings (SSSR count). The molecular formula is C15H16FN3OS. The summed E-state index contributed by atoms with van der Waals surface area (Å²) in [5, 5.41) is 3.81. The van der Waals surface area contributed by atoms with Crippen molar-refractivity contribution in [2.75, 3.05) is 0 Å². The summed E-state index contributed by atoms with van der Waals surface area (Å²) in [5.41, 5.74) is 5.30. The van der Waals surface area contributed by atoms with Crippen LogP contribution in [-0.4, -0.2) is 4.98 Å². The lowest BCUT2D eigenvalue weighted by molar-refractivity contribution is 0.429. The van der Waals surface area contributed by atoms with Gasteiger partial charge in [0.2, 0.25) is 0 Å². The van der Waals surface area contributed by atoms with Gasteiger partial charge in [0.25, 0.3) is 0 Å². The van der Waals surface area contributed by atoms with Crippen LogP contribution in [0.1, 0.15) is 28.1 Å². The number of thiazole rings is 1. The number of nitrogens with one attached hydrogen (secondary N) is 1. The molecule has 0 spiro atoms. The van der Waals surface area contributed by atoms with Gasteiger partial charge in [0, 0.05) is 22.8 Å². The summed E-state index contributed by atoms with van der Waals surface area (Å²) in [7, 11) is 0. The first-order chi connectivity index (χ1) is 10.1. The zero-order valence-corrected chi connectivity index (χ0v) is 12.6. The number of hydrogen-bond acceptors (Lipinski definition) is 5. The predicted octanol–water partition coefficient (Wildman–Crippen LogP) is 3.39. The number of halogens is 1. The van der Waals surface area contributed by atoms with E-state index in [1.807, 2.05) is 19.2 Å².